The van der Waals surface area contributed by atoms with Crippen LogP contribution in [0.4, 0.5) is 5.95 Å². The first kappa shape index (κ1) is 24.9. The lowest BCUT2D eigenvalue weighted by Crippen LogP contribution is -2.27. The number of rotatable bonds is 8. The first-order chi connectivity index (χ1) is 17.7. The number of tetrazole rings is 1. The lowest BCUT2D eigenvalue weighted by atomic mass is 9.99. The van der Waals surface area contributed by atoms with E-state index < -0.39 is 0 Å². The van der Waals surface area contributed by atoms with E-state index in [9.17, 15) is 0 Å². The number of aryl methyl sites for hydroxylation is 2. The third kappa shape index (κ3) is 6.24. The van der Waals surface area contributed by atoms with E-state index in [0.717, 1.165) is 37.6 Å². The van der Waals surface area contributed by atoms with Crippen LogP contribution >= 0.6 is 0 Å². The van der Waals surface area contributed by atoms with Crippen molar-refractivity contribution in [1.29, 1.82) is 0 Å². The molecule has 36 heavy (non-hydrogen) atoms. The minimum Gasteiger partial charge on any atom is -0.349 e. The van der Waals surface area contributed by atoms with E-state index in [1.54, 1.807) is 6.33 Å². The van der Waals surface area contributed by atoms with Crippen LogP contribution in [0.25, 0.3) is 16.8 Å². The van der Waals surface area contributed by atoms with Crippen LogP contribution in [0.3, 0.4) is 0 Å². The Morgan fingerprint density at radius 1 is 0.889 bits per heavy atom. The maximum absolute atomic E-state index is 4.35. The maximum Gasteiger partial charge on any atom is 0.250 e. The monoisotopic (exact) mass is 479 g/mol. The third-order valence-corrected chi connectivity index (χ3v) is 5.98. The SMILES string of the molecule is CCCN(Cc1cc(-c2ccccc2)ccc1C)c1nnnn1-c1ccccc1.CCc1cnc[nH]1. The molecule has 184 valence electrons. The molecule has 0 saturated heterocycles. The molecule has 0 atom stereocenters. The molecule has 0 saturated carbocycles. The Labute approximate surface area is 212 Å². The summed E-state index contributed by atoms with van der Waals surface area (Å²) in [7, 11) is 0. The van der Waals surface area contributed by atoms with Crippen molar-refractivity contribution < 1.29 is 0 Å². The van der Waals surface area contributed by atoms with Gasteiger partial charge in [-0.2, -0.15) is 4.68 Å². The molecule has 0 bridgehead atoms. The van der Waals surface area contributed by atoms with Crippen LogP contribution in [-0.4, -0.2) is 36.7 Å². The summed E-state index contributed by atoms with van der Waals surface area (Å²) in [5.41, 5.74) is 7.16. The molecule has 1 N–H and O–H groups in total. The summed E-state index contributed by atoms with van der Waals surface area (Å²) in [5, 5.41) is 12.5. The molecular weight excluding hydrogens is 446 g/mol. The fraction of sp³-hybridized carbons (Fsp3) is 0.241. The van der Waals surface area contributed by atoms with Gasteiger partial charge in [-0.3, -0.25) is 0 Å². The Hall–Kier alpha value is -4.26. The van der Waals surface area contributed by atoms with Crippen molar-refractivity contribution in [2.75, 3.05) is 11.4 Å². The highest BCUT2D eigenvalue weighted by Crippen LogP contribution is 2.25. The molecule has 7 nitrogen and oxygen atoms in total. The highest BCUT2D eigenvalue weighted by molar-refractivity contribution is 5.65. The molecule has 5 rings (SSSR count). The largest absolute Gasteiger partial charge is 0.349 e. The summed E-state index contributed by atoms with van der Waals surface area (Å²) < 4.78 is 1.81. The quantitative estimate of drug-likeness (QED) is 0.294. The Kier molecular flexibility index (Phi) is 8.59. The number of benzene rings is 3. The second-order valence-electron chi connectivity index (χ2n) is 8.59. The molecule has 2 heterocycles. The zero-order chi connectivity index (χ0) is 25.2. The summed E-state index contributed by atoms with van der Waals surface area (Å²) in [5.74, 6) is 0.766. The van der Waals surface area contributed by atoms with Crippen molar-refractivity contribution in [2.24, 2.45) is 0 Å². The second-order valence-corrected chi connectivity index (χ2v) is 8.59. The van der Waals surface area contributed by atoms with Gasteiger partial charge >= 0.3 is 0 Å². The summed E-state index contributed by atoms with van der Waals surface area (Å²) >= 11 is 0. The zero-order valence-corrected chi connectivity index (χ0v) is 21.2. The second kappa shape index (κ2) is 12.4. The molecule has 5 aromatic rings. The Bertz CT molecular complexity index is 1310. The minimum absolute atomic E-state index is 0.757. The van der Waals surface area contributed by atoms with Crippen LogP contribution in [0, 0.1) is 6.92 Å². The molecule has 3 aromatic carbocycles. The molecule has 0 aliphatic carbocycles. The summed E-state index contributed by atoms with van der Waals surface area (Å²) in [4.78, 5) is 9.07. The van der Waals surface area contributed by atoms with Crippen molar-refractivity contribution in [1.82, 2.24) is 30.2 Å². The molecule has 2 aromatic heterocycles. The van der Waals surface area contributed by atoms with E-state index in [4.69, 9.17) is 0 Å². The van der Waals surface area contributed by atoms with Gasteiger partial charge in [-0.25, -0.2) is 4.98 Å². The number of aromatic nitrogens is 6. The van der Waals surface area contributed by atoms with Gasteiger partial charge in [0.2, 0.25) is 0 Å². The fourth-order valence-corrected chi connectivity index (χ4v) is 3.97. The lowest BCUT2D eigenvalue weighted by molar-refractivity contribution is 0.712. The summed E-state index contributed by atoms with van der Waals surface area (Å²) in [6, 6.07) is 27.2. The van der Waals surface area contributed by atoms with E-state index in [2.05, 4.69) is 93.6 Å². The number of aromatic amines is 1. The molecule has 0 amide bonds. The van der Waals surface area contributed by atoms with Gasteiger partial charge in [0.15, 0.2) is 0 Å². The van der Waals surface area contributed by atoms with E-state index >= 15 is 0 Å². The highest BCUT2D eigenvalue weighted by Gasteiger charge is 2.17. The number of H-pyrrole nitrogens is 1. The first-order valence-corrected chi connectivity index (χ1v) is 12.4. The molecule has 0 aliphatic rings. The number of nitrogens with zero attached hydrogens (tertiary/aromatic N) is 6. The summed E-state index contributed by atoms with van der Waals surface area (Å²) in [6.45, 7) is 8.06. The molecule has 0 unspecified atom stereocenters. The first-order valence-electron chi connectivity index (χ1n) is 12.4. The van der Waals surface area contributed by atoms with Gasteiger partial charge in [0.05, 0.1) is 12.0 Å². The van der Waals surface area contributed by atoms with E-state index in [0.29, 0.717) is 0 Å². The molecule has 7 heteroatoms. The van der Waals surface area contributed by atoms with Gasteiger partial charge in [-0.05, 0) is 70.6 Å². The molecular formula is C29H33N7. The van der Waals surface area contributed by atoms with E-state index in [-0.39, 0.29) is 0 Å². The normalized spacial score (nSPS) is 10.5. The van der Waals surface area contributed by atoms with Crippen molar-refractivity contribution in [3.8, 4) is 16.8 Å². The highest BCUT2D eigenvalue weighted by atomic mass is 15.6. The van der Waals surface area contributed by atoms with Crippen LogP contribution in [0.2, 0.25) is 0 Å². The van der Waals surface area contributed by atoms with Crippen LogP contribution in [-0.2, 0) is 13.0 Å². The number of hydrogen-bond donors (Lipinski definition) is 1. The van der Waals surface area contributed by atoms with Gasteiger partial charge in [-0.1, -0.05) is 79.6 Å². The van der Waals surface area contributed by atoms with Crippen LogP contribution in [0.5, 0.6) is 0 Å². The number of imidazole rings is 1. The van der Waals surface area contributed by atoms with Crippen LogP contribution in [0.1, 0.15) is 37.1 Å². The van der Waals surface area contributed by atoms with E-state index in [1.807, 2.05) is 47.3 Å². The third-order valence-electron chi connectivity index (χ3n) is 5.98. The van der Waals surface area contributed by atoms with Gasteiger partial charge in [0.1, 0.15) is 0 Å². The standard InChI is InChI=1S/C24H25N5.C5H8N2/c1-3-16-28(24-25-26-27-29(24)23-12-8-5-9-13-23)18-22-17-21(15-14-19(22)2)20-10-6-4-7-11-20;1-2-5-3-6-4-7-5/h4-15,17H,3,16,18H2,1-2H3;3-4H,2H2,1H3,(H,6,7). The van der Waals surface area contributed by atoms with Crippen molar-refractivity contribution >= 4 is 5.95 Å². The maximum atomic E-state index is 4.35. The number of hydrogen-bond acceptors (Lipinski definition) is 5. The number of para-hydroxylation sites is 1. The molecule has 0 fully saturated rings. The van der Waals surface area contributed by atoms with Crippen molar-refractivity contribution in [3.05, 3.63) is 108 Å². The van der Waals surface area contributed by atoms with E-state index in [1.165, 1.54) is 27.9 Å². The van der Waals surface area contributed by atoms with Crippen molar-refractivity contribution in [2.45, 2.75) is 40.2 Å². The topological polar surface area (TPSA) is 75.5 Å². The molecule has 0 spiro atoms. The van der Waals surface area contributed by atoms with Crippen LogP contribution < -0.4 is 4.90 Å². The van der Waals surface area contributed by atoms with Gasteiger partial charge in [-0.15, -0.1) is 0 Å². The predicted octanol–water partition coefficient (Wildman–Crippen LogP) is 6.03. The zero-order valence-electron chi connectivity index (χ0n) is 21.2. The molecule has 0 aliphatic heterocycles. The van der Waals surface area contributed by atoms with Crippen molar-refractivity contribution in [3.63, 3.8) is 0 Å². The lowest BCUT2D eigenvalue weighted by Gasteiger charge is -2.24. The number of nitrogens with one attached hydrogen (secondary N) is 1. The predicted molar refractivity (Wildman–Crippen MR) is 145 cm³/mol. The minimum atomic E-state index is 0.757. The average Bonchev–Trinajstić information content (AvgIpc) is 3.64. The average molecular weight is 480 g/mol. The van der Waals surface area contributed by atoms with Crippen LogP contribution in [0.15, 0.2) is 91.4 Å². The smallest absolute Gasteiger partial charge is 0.250 e. The van der Waals surface area contributed by atoms with Gasteiger partial charge in [0.25, 0.3) is 5.95 Å². The van der Waals surface area contributed by atoms with Gasteiger partial charge < -0.3 is 9.88 Å². The molecule has 0 radical (unpaired) electrons. The number of anilines is 1. The Morgan fingerprint density at radius 2 is 1.64 bits per heavy atom. The van der Waals surface area contributed by atoms with Gasteiger partial charge in [0, 0.05) is 25.0 Å². The Balaban J connectivity index is 0.000000375. The fourth-order valence-electron chi connectivity index (χ4n) is 3.97. The summed E-state index contributed by atoms with van der Waals surface area (Å²) in [6.07, 6.45) is 5.58. The Morgan fingerprint density at radius 3 is 2.28 bits per heavy atom.